The zero-order chi connectivity index (χ0) is 13.0. The maximum Gasteiger partial charge on any atom is 0.310 e. The first-order valence-electron chi connectivity index (χ1n) is 4.61. The van der Waals surface area contributed by atoms with Gasteiger partial charge in [0.15, 0.2) is 9.84 Å². The van der Waals surface area contributed by atoms with Crippen molar-refractivity contribution >= 4 is 21.8 Å². The topological polar surface area (TPSA) is 97.7 Å². The van der Waals surface area contributed by atoms with Crippen molar-refractivity contribution in [2.45, 2.75) is 20.3 Å². The number of sulfone groups is 1. The van der Waals surface area contributed by atoms with Crippen molar-refractivity contribution in [1.29, 1.82) is 0 Å². The van der Waals surface area contributed by atoms with Gasteiger partial charge in [-0.3, -0.25) is 9.59 Å². The molecule has 0 heterocycles. The molecule has 0 radical (unpaired) electrons. The second-order valence-corrected chi connectivity index (χ2v) is 6.29. The van der Waals surface area contributed by atoms with E-state index in [1.165, 1.54) is 13.8 Å². The lowest BCUT2D eigenvalue weighted by molar-refractivity contribution is -0.145. The molecule has 0 aromatic rings. The van der Waals surface area contributed by atoms with Crippen LogP contribution in [0.15, 0.2) is 0 Å². The summed E-state index contributed by atoms with van der Waals surface area (Å²) in [6.07, 6.45) is -0.255. The van der Waals surface area contributed by atoms with Crippen molar-refractivity contribution in [2.75, 3.05) is 18.6 Å². The molecule has 0 aliphatic heterocycles. The van der Waals surface area contributed by atoms with E-state index in [1.807, 2.05) is 0 Å². The number of rotatable bonds is 6. The largest absolute Gasteiger partial charge is 0.481 e. The summed E-state index contributed by atoms with van der Waals surface area (Å²) in [5.74, 6) is -2.70. The fourth-order valence-electron chi connectivity index (χ4n) is 1.02. The molecule has 0 aliphatic carbocycles. The first-order valence-corrected chi connectivity index (χ1v) is 6.43. The number of hydrogen-bond acceptors (Lipinski definition) is 5. The number of carbonyl (C=O) groups excluding carboxylic acids is 1. The van der Waals surface area contributed by atoms with Gasteiger partial charge in [-0.05, 0) is 13.8 Å². The van der Waals surface area contributed by atoms with Gasteiger partial charge in [0, 0.05) is 0 Å². The summed E-state index contributed by atoms with van der Waals surface area (Å²) >= 11 is 0. The second-order valence-electron chi connectivity index (χ2n) is 4.11. The van der Waals surface area contributed by atoms with Crippen LogP contribution in [0.3, 0.4) is 0 Å². The summed E-state index contributed by atoms with van der Waals surface area (Å²) in [5.41, 5.74) is -1.35. The van der Waals surface area contributed by atoms with Crippen LogP contribution in [0.2, 0.25) is 0 Å². The van der Waals surface area contributed by atoms with Crippen molar-refractivity contribution in [3.8, 4) is 0 Å². The summed E-state index contributed by atoms with van der Waals surface area (Å²) in [7, 11) is -2.41. The first kappa shape index (κ1) is 14.9. The highest BCUT2D eigenvalue weighted by Gasteiger charge is 2.33. The van der Waals surface area contributed by atoms with E-state index in [2.05, 4.69) is 4.74 Å². The Bertz CT molecular complexity index is 367. The van der Waals surface area contributed by atoms with E-state index >= 15 is 0 Å². The Balaban J connectivity index is 4.48. The minimum Gasteiger partial charge on any atom is -0.481 e. The summed E-state index contributed by atoms with van der Waals surface area (Å²) in [6.45, 7) is 2.65. The molecule has 94 valence electrons. The lowest BCUT2D eigenvalue weighted by atomic mass is 9.97. The summed E-state index contributed by atoms with van der Waals surface area (Å²) in [6, 6.07) is 0. The van der Waals surface area contributed by atoms with Crippen LogP contribution in [0.4, 0.5) is 0 Å². The molecule has 0 aromatic heterocycles. The van der Waals surface area contributed by atoms with E-state index in [4.69, 9.17) is 5.11 Å². The van der Waals surface area contributed by atoms with Crippen LogP contribution in [-0.2, 0) is 24.2 Å². The van der Waals surface area contributed by atoms with Crippen LogP contribution in [0.25, 0.3) is 0 Å². The normalized spacial score (nSPS) is 12.2. The monoisotopic (exact) mass is 252 g/mol. The molecule has 0 fully saturated rings. The van der Waals surface area contributed by atoms with Gasteiger partial charge in [0.2, 0.25) is 0 Å². The van der Waals surface area contributed by atoms with Gasteiger partial charge < -0.3 is 9.84 Å². The van der Waals surface area contributed by atoms with Gasteiger partial charge in [0.05, 0.1) is 30.5 Å². The van der Waals surface area contributed by atoms with Crippen molar-refractivity contribution in [1.82, 2.24) is 0 Å². The fraction of sp³-hybridized carbons (Fsp3) is 0.778. The van der Waals surface area contributed by atoms with Gasteiger partial charge in [0.25, 0.3) is 0 Å². The van der Waals surface area contributed by atoms with E-state index in [1.54, 1.807) is 0 Å². The Morgan fingerprint density at radius 2 is 1.81 bits per heavy atom. The highest BCUT2D eigenvalue weighted by Crippen LogP contribution is 2.18. The van der Waals surface area contributed by atoms with Crippen LogP contribution < -0.4 is 0 Å². The number of hydrogen-bond donors (Lipinski definition) is 1. The quantitative estimate of drug-likeness (QED) is 0.672. The van der Waals surface area contributed by atoms with Crippen LogP contribution in [0.1, 0.15) is 20.3 Å². The summed E-state index contributed by atoms with van der Waals surface area (Å²) in [5, 5.41) is 8.77. The Morgan fingerprint density at radius 3 is 2.19 bits per heavy atom. The van der Waals surface area contributed by atoms with Gasteiger partial charge >= 0.3 is 11.9 Å². The number of esters is 1. The molecule has 0 saturated carbocycles. The Morgan fingerprint density at radius 1 is 1.31 bits per heavy atom. The molecule has 7 heteroatoms. The molecule has 0 atom stereocenters. The van der Waals surface area contributed by atoms with Crippen LogP contribution in [0.5, 0.6) is 0 Å². The number of ether oxygens (including phenoxy) is 1. The Kier molecular flexibility index (Phi) is 4.92. The molecule has 0 saturated heterocycles. The van der Waals surface area contributed by atoms with E-state index in [-0.39, 0.29) is 6.42 Å². The van der Waals surface area contributed by atoms with Crippen molar-refractivity contribution in [2.24, 2.45) is 5.41 Å². The SMILES string of the molecule is COC(=O)CCS(=O)(=O)CC(C)(C)C(=O)O. The van der Waals surface area contributed by atoms with E-state index in [9.17, 15) is 18.0 Å². The molecule has 0 aromatic carbocycles. The van der Waals surface area contributed by atoms with E-state index in [0.717, 1.165) is 7.11 Å². The molecule has 0 aliphatic rings. The standard InChI is InChI=1S/C9H16O6S/c1-9(2,8(11)12)6-16(13,14)5-4-7(10)15-3/h4-6H2,1-3H3,(H,11,12). The molecule has 16 heavy (non-hydrogen) atoms. The van der Waals surface area contributed by atoms with Gasteiger partial charge in [-0.1, -0.05) is 0 Å². The molecule has 0 bridgehead atoms. The zero-order valence-corrected chi connectivity index (χ0v) is 10.3. The predicted octanol–water partition coefficient (Wildman–Crippen LogP) is 0.0751. The van der Waals surface area contributed by atoms with Crippen molar-refractivity contribution in [3.05, 3.63) is 0 Å². The molecule has 1 N–H and O–H groups in total. The summed E-state index contributed by atoms with van der Waals surface area (Å²) < 4.78 is 27.3. The minimum atomic E-state index is -3.57. The third kappa shape index (κ3) is 5.11. The fourth-order valence-corrected chi connectivity index (χ4v) is 2.87. The molecule has 0 spiro atoms. The van der Waals surface area contributed by atoms with Gasteiger partial charge in [0.1, 0.15) is 0 Å². The third-order valence-corrected chi connectivity index (χ3v) is 3.99. The van der Waals surface area contributed by atoms with E-state index < -0.39 is 38.7 Å². The van der Waals surface area contributed by atoms with Gasteiger partial charge in [-0.15, -0.1) is 0 Å². The molecule has 6 nitrogen and oxygen atoms in total. The maximum atomic E-state index is 11.5. The molecular weight excluding hydrogens is 236 g/mol. The maximum absolute atomic E-state index is 11.5. The Labute approximate surface area is 94.5 Å². The summed E-state index contributed by atoms with van der Waals surface area (Å²) in [4.78, 5) is 21.5. The number of carboxylic acid groups (broad SMARTS) is 1. The highest BCUT2D eigenvalue weighted by atomic mass is 32.2. The van der Waals surface area contributed by atoms with Crippen molar-refractivity contribution < 1.29 is 27.9 Å². The van der Waals surface area contributed by atoms with Crippen LogP contribution in [-0.4, -0.2) is 44.1 Å². The third-order valence-electron chi connectivity index (χ3n) is 2.00. The molecule has 0 rings (SSSR count). The van der Waals surface area contributed by atoms with Gasteiger partial charge in [-0.25, -0.2) is 8.42 Å². The van der Waals surface area contributed by atoms with E-state index in [0.29, 0.717) is 0 Å². The van der Waals surface area contributed by atoms with Crippen LogP contribution >= 0.6 is 0 Å². The van der Waals surface area contributed by atoms with Gasteiger partial charge in [-0.2, -0.15) is 0 Å². The zero-order valence-electron chi connectivity index (χ0n) is 9.52. The van der Waals surface area contributed by atoms with Crippen molar-refractivity contribution in [3.63, 3.8) is 0 Å². The number of carboxylic acids is 1. The molecule has 0 unspecified atom stereocenters. The number of methoxy groups -OCH3 is 1. The second kappa shape index (κ2) is 5.29. The number of carbonyl (C=O) groups is 2. The highest BCUT2D eigenvalue weighted by molar-refractivity contribution is 7.91. The average Bonchev–Trinajstić information content (AvgIpc) is 2.12. The smallest absolute Gasteiger partial charge is 0.310 e. The lowest BCUT2D eigenvalue weighted by Crippen LogP contribution is -2.33. The minimum absolute atomic E-state index is 0.255. The molecular formula is C9H16O6S. The van der Waals surface area contributed by atoms with Crippen LogP contribution in [0, 0.1) is 5.41 Å². The molecule has 0 amide bonds. The lowest BCUT2D eigenvalue weighted by Gasteiger charge is -2.18. The Hall–Kier alpha value is -1.11. The number of aliphatic carboxylic acids is 1. The predicted molar refractivity (Wildman–Crippen MR) is 56.7 cm³/mol. The first-order chi connectivity index (χ1) is 7.10. The average molecular weight is 252 g/mol.